The molecule has 0 saturated carbocycles. The molecule has 0 aromatic heterocycles. The molecule has 0 spiro atoms. The van der Waals surface area contributed by atoms with E-state index in [1.807, 2.05) is 24.3 Å². The third-order valence-corrected chi connectivity index (χ3v) is 4.08. The van der Waals surface area contributed by atoms with Gasteiger partial charge >= 0.3 is 0 Å². The van der Waals surface area contributed by atoms with Gasteiger partial charge in [-0.3, -0.25) is 11.3 Å². The maximum Gasteiger partial charge on any atom is 0.142 e. The molecule has 2 atom stereocenters. The number of halogens is 2. The number of hydrazine groups is 1. The van der Waals surface area contributed by atoms with Gasteiger partial charge in [0, 0.05) is 6.42 Å². The average molecular weight is 307 g/mol. The highest BCUT2D eigenvalue weighted by Crippen LogP contribution is 2.30. The van der Waals surface area contributed by atoms with Gasteiger partial charge in [0.1, 0.15) is 17.7 Å². The van der Waals surface area contributed by atoms with Crippen LogP contribution >= 0.6 is 11.6 Å². The highest BCUT2D eigenvalue weighted by atomic mass is 35.5. The van der Waals surface area contributed by atoms with Crippen molar-refractivity contribution >= 4 is 11.6 Å². The summed E-state index contributed by atoms with van der Waals surface area (Å²) in [5.74, 6) is 6.13. The molecule has 0 fully saturated rings. The predicted molar refractivity (Wildman–Crippen MR) is 80.8 cm³/mol. The molecule has 2 unspecified atom stereocenters. The Morgan fingerprint density at radius 3 is 2.86 bits per heavy atom. The van der Waals surface area contributed by atoms with Crippen LogP contribution in [0.5, 0.6) is 5.75 Å². The molecule has 0 saturated heterocycles. The lowest BCUT2D eigenvalue weighted by atomic mass is 9.98. The quantitative estimate of drug-likeness (QED) is 0.674. The zero-order valence-corrected chi connectivity index (χ0v) is 12.1. The van der Waals surface area contributed by atoms with E-state index in [1.54, 1.807) is 12.1 Å². The Hall–Kier alpha value is -1.62. The molecule has 1 aliphatic heterocycles. The van der Waals surface area contributed by atoms with Crippen LogP contribution in [0, 0.1) is 5.82 Å². The van der Waals surface area contributed by atoms with Crippen LogP contribution in [-0.4, -0.2) is 12.1 Å². The lowest BCUT2D eigenvalue weighted by molar-refractivity contribution is 0.177. The number of hydrogen-bond acceptors (Lipinski definition) is 3. The van der Waals surface area contributed by atoms with E-state index in [2.05, 4.69) is 5.43 Å². The maximum atomic E-state index is 13.5. The zero-order chi connectivity index (χ0) is 14.8. The maximum absolute atomic E-state index is 13.5. The third-order valence-electron chi connectivity index (χ3n) is 3.77. The number of hydrogen-bond donors (Lipinski definition) is 2. The van der Waals surface area contributed by atoms with Gasteiger partial charge in [0.2, 0.25) is 0 Å². The van der Waals surface area contributed by atoms with Gasteiger partial charge in [0.15, 0.2) is 0 Å². The summed E-state index contributed by atoms with van der Waals surface area (Å²) in [6, 6.07) is 12.6. The first-order chi connectivity index (χ1) is 10.2. The Morgan fingerprint density at radius 1 is 1.33 bits per heavy atom. The van der Waals surface area contributed by atoms with E-state index in [0.29, 0.717) is 6.42 Å². The lowest BCUT2D eigenvalue weighted by Gasteiger charge is -2.22. The van der Waals surface area contributed by atoms with Crippen LogP contribution in [0.1, 0.15) is 11.1 Å². The molecule has 5 heteroatoms. The van der Waals surface area contributed by atoms with Crippen molar-refractivity contribution < 1.29 is 9.13 Å². The van der Waals surface area contributed by atoms with Crippen LogP contribution in [-0.2, 0) is 12.8 Å². The van der Waals surface area contributed by atoms with E-state index in [0.717, 1.165) is 17.7 Å². The number of fused-ring (bicyclic) bond motifs is 1. The minimum absolute atomic E-state index is 0.0638. The molecule has 3 rings (SSSR count). The van der Waals surface area contributed by atoms with E-state index in [-0.39, 0.29) is 17.2 Å². The predicted octanol–water partition coefficient (Wildman–Crippen LogP) is 2.86. The number of ether oxygens (including phenoxy) is 1. The minimum Gasteiger partial charge on any atom is -0.488 e. The summed E-state index contributed by atoms with van der Waals surface area (Å²) in [4.78, 5) is 0. The Balaban J connectivity index is 1.73. The second-order valence-corrected chi connectivity index (χ2v) is 5.60. The summed E-state index contributed by atoms with van der Waals surface area (Å²) in [5.41, 5.74) is 4.79. The Kier molecular flexibility index (Phi) is 4.10. The van der Waals surface area contributed by atoms with E-state index in [4.69, 9.17) is 22.2 Å². The van der Waals surface area contributed by atoms with Gasteiger partial charge in [-0.05, 0) is 35.7 Å². The van der Waals surface area contributed by atoms with Crippen molar-refractivity contribution in [3.8, 4) is 5.75 Å². The fraction of sp³-hybridized carbons (Fsp3) is 0.250. The molecular weight excluding hydrogens is 291 g/mol. The van der Waals surface area contributed by atoms with E-state index in [9.17, 15) is 4.39 Å². The number of rotatable bonds is 4. The molecule has 2 aromatic rings. The van der Waals surface area contributed by atoms with Gasteiger partial charge < -0.3 is 4.74 Å². The summed E-state index contributed by atoms with van der Waals surface area (Å²) in [7, 11) is 0. The van der Waals surface area contributed by atoms with Crippen molar-refractivity contribution in [2.75, 3.05) is 0 Å². The molecule has 1 heterocycles. The fourth-order valence-corrected chi connectivity index (χ4v) is 2.77. The molecule has 3 nitrogen and oxygen atoms in total. The lowest BCUT2D eigenvalue weighted by Crippen LogP contribution is -2.47. The average Bonchev–Trinajstić information content (AvgIpc) is 2.92. The number of nitrogens with one attached hydrogen (secondary N) is 1. The zero-order valence-electron chi connectivity index (χ0n) is 11.4. The van der Waals surface area contributed by atoms with Crippen molar-refractivity contribution in [2.45, 2.75) is 25.0 Å². The summed E-state index contributed by atoms with van der Waals surface area (Å²) in [6.45, 7) is 0. The number of benzene rings is 2. The second-order valence-electron chi connectivity index (χ2n) is 5.19. The fourth-order valence-electron chi connectivity index (χ4n) is 2.65. The van der Waals surface area contributed by atoms with E-state index >= 15 is 0 Å². The standard InChI is InChI=1S/C16H16ClFN2O/c17-12-6-5-10(7-13(12)18)8-14(20-19)16-9-11-3-1-2-4-15(11)21-16/h1-7,14,16,20H,8-9,19H2. The van der Waals surface area contributed by atoms with Crippen molar-refractivity contribution in [1.29, 1.82) is 0 Å². The van der Waals surface area contributed by atoms with E-state index < -0.39 is 5.82 Å². The third kappa shape index (κ3) is 3.02. The van der Waals surface area contributed by atoms with Crippen LogP contribution in [0.15, 0.2) is 42.5 Å². The number of nitrogens with two attached hydrogens (primary N) is 1. The molecule has 21 heavy (non-hydrogen) atoms. The van der Waals surface area contributed by atoms with E-state index in [1.165, 1.54) is 11.6 Å². The van der Waals surface area contributed by atoms with Gasteiger partial charge in [-0.25, -0.2) is 4.39 Å². The SMILES string of the molecule is NNC(Cc1ccc(Cl)c(F)c1)C1Cc2ccccc2O1. The summed E-state index contributed by atoms with van der Waals surface area (Å²) < 4.78 is 19.4. The van der Waals surface area contributed by atoms with Crippen molar-refractivity contribution in [3.63, 3.8) is 0 Å². The Morgan fingerprint density at radius 2 is 2.14 bits per heavy atom. The molecule has 0 bridgehead atoms. The molecule has 0 radical (unpaired) electrons. The smallest absolute Gasteiger partial charge is 0.142 e. The van der Waals surface area contributed by atoms with Crippen molar-refractivity contribution in [1.82, 2.24) is 5.43 Å². The van der Waals surface area contributed by atoms with Crippen LogP contribution in [0.2, 0.25) is 5.02 Å². The van der Waals surface area contributed by atoms with Crippen LogP contribution in [0.25, 0.3) is 0 Å². The van der Waals surface area contributed by atoms with Crippen LogP contribution in [0.3, 0.4) is 0 Å². The molecule has 110 valence electrons. The highest BCUT2D eigenvalue weighted by molar-refractivity contribution is 6.30. The van der Waals surface area contributed by atoms with Crippen LogP contribution < -0.4 is 16.0 Å². The minimum atomic E-state index is -0.416. The summed E-state index contributed by atoms with van der Waals surface area (Å²) in [6.07, 6.45) is 1.30. The molecule has 2 aromatic carbocycles. The van der Waals surface area contributed by atoms with Crippen molar-refractivity contribution in [3.05, 3.63) is 64.4 Å². The molecular formula is C16H16ClFN2O. The molecule has 3 N–H and O–H groups in total. The Bertz CT molecular complexity index is 625. The van der Waals surface area contributed by atoms with Crippen molar-refractivity contribution in [2.24, 2.45) is 5.84 Å². The van der Waals surface area contributed by atoms with Gasteiger partial charge in [0.25, 0.3) is 0 Å². The van der Waals surface area contributed by atoms with Gasteiger partial charge in [0.05, 0.1) is 11.1 Å². The monoisotopic (exact) mass is 306 g/mol. The van der Waals surface area contributed by atoms with Gasteiger partial charge in [-0.2, -0.15) is 0 Å². The summed E-state index contributed by atoms with van der Waals surface area (Å²) in [5, 5.41) is 0.125. The molecule has 1 aliphatic rings. The highest BCUT2D eigenvalue weighted by Gasteiger charge is 2.29. The number of para-hydroxylation sites is 1. The topological polar surface area (TPSA) is 47.3 Å². The largest absolute Gasteiger partial charge is 0.488 e. The van der Waals surface area contributed by atoms with Crippen LogP contribution in [0.4, 0.5) is 4.39 Å². The first-order valence-electron chi connectivity index (χ1n) is 6.82. The van der Waals surface area contributed by atoms with Gasteiger partial charge in [-0.1, -0.05) is 35.9 Å². The first-order valence-corrected chi connectivity index (χ1v) is 7.20. The van der Waals surface area contributed by atoms with Gasteiger partial charge in [-0.15, -0.1) is 0 Å². The second kappa shape index (κ2) is 6.02. The normalized spacial score (nSPS) is 18.1. The molecule has 0 aliphatic carbocycles. The first kappa shape index (κ1) is 14.3. The molecule has 0 amide bonds. The Labute approximate surface area is 127 Å². The summed E-state index contributed by atoms with van der Waals surface area (Å²) >= 11 is 5.70.